The van der Waals surface area contributed by atoms with Crippen LogP contribution in [0.15, 0.2) is 30.5 Å². The van der Waals surface area contributed by atoms with E-state index in [2.05, 4.69) is 22.1 Å². The summed E-state index contributed by atoms with van der Waals surface area (Å²) in [5.41, 5.74) is 4.01. The zero-order valence-electron chi connectivity index (χ0n) is 14.0. The van der Waals surface area contributed by atoms with Gasteiger partial charge in [-0.2, -0.15) is 5.10 Å². The van der Waals surface area contributed by atoms with Crippen molar-refractivity contribution in [3.8, 4) is 0 Å². The van der Waals surface area contributed by atoms with E-state index in [0.717, 1.165) is 17.8 Å². The molecule has 6 nitrogen and oxygen atoms in total. The third-order valence-electron chi connectivity index (χ3n) is 4.00. The largest absolute Gasteiger partial charge is 0.306 e. The smallest absolute Gasteiger partial charge is 0.232 e. The topological polar surface area (TPSA) is 76.0 Å². The molecule has 0 saturated heterocycles. The second-order valence-electron chi connectivity index (χ2n) is 5.61. The van der Waals surface area contributed by atoms with Crippen molar-refractivity contribution in [1.82, 2.24) is 15.1 Å². The van der Waals surface area contributed by atoms with Crippen LogP contribution in [0.25, 0.3) is 0 Å². The SMILES string of the molecule is CCS(=O)(=O)Nc1ccc(C(C)NCc2cnn(C)c2C)cc1. The van der Waals surface area contributed by atoms with Crippen molar-refractivity contribution in [2.75, 3.05) is 10.5 Å². The van der Waals surface area contributed by atoms with Gasteiger partial charge in [-0.05, 0) is 38.5 Å². The quantitative estimate of drug-likeness (QED) is 0.814. The molecular formula is C16H24N4O2S. The Kier molecular flexibility index (Phi) is 5.43. The Balaban J connectivity index is 1.97. The van der Waals surface area contributed by atoms with Gasteiger partial charge in [-0.3, -0.25) is 9.40 Å². The van der Waals surface area contributed by atoms with Crippen molar-refractivity contribution in [3.05, 3.63) is 47.3 Å². The van der Waals surface area contributed by atoms with Crippen LogP contribution in [0.1, 0.15) is 36.7 Å². The first kappa shape index (κ1) is 17.5. The van der Waals surface area contributed by atoms with Gasteiger partial charge in [-0.1, -0.05) is 12.1 Å². The molecule has 2 rings (SSSR count). The third-order valence-corrected chi connectivity index (χ3v) is 5.31. The lowest BCUT2D eigenvalue weighted by atomic mass is 10.1. The Labute approximate surface area is 138 Å². The molecule has 0 radical (unpaired) electrons. The van der Waals surface area contributed by atoms with Gasteiger partial charge >= 0.3 is 0 Å². The highest BCUT2D eigenvalue weighted by Crippen LogP contribution is 2.18. The summed E-state index contributed by atoms with van der Waals surface area (Å²) in [4.78, 5) is 0. The molecule has 0 saturated carbocycles. The number of sulfonamides is 1. The summed E-state index contributed by atoms with van der Waals surface area (Å²) in [5.74, 6) is 0.0666. The number of hydrogen-bond donors (Lipinski definition) is 2. The Morgan fingerprint density at radius 3 is 2.43 bits per heavy atom. The molecule has 1 aromatic heterocycles. The van der Waals surface area contributed by atoms with Crippen molar-refractivity contribution >= 4 is 15.7 Å². The maximum atomic E-state index is 11.5. The zero-order chi connectivity index (χ0) is 17.0. The molecule has 2 N–H and O–H groups in total. The van der Waals surface area contributed by atoms with Crippen molar-refractivity contribution in [1.29, 1.82) is 0 Å². The van der Waals surface area contributed by atoms with Gasteiger partial charge in [0.05, 0.1) is 11.9 Å². The van der Waals surface area contributed by atoms with Crippen molar-refractivity contribution in [3.63, 3.8) is 0 Å². The Bertz CT molecular complexity index is 751. The minimum atomic E-state index is -3.23. The molecule has 7 heteroatoms. The molecule has 0 spiro atoms. The van der Waals surface area contributed by atoms with Crippen LogP contribution in [0.4, 0.5) is 5.69 Å². The molecule has 0 aliphatic carbocycles. The number of rotatable bonds is 7. The maximum Gasteiger partial charge on any atom is 0.232 e. The van der Waals surface area contributed by atoms with Crippen molar-refractivity contribution < 1.29 is 8.42 Å². The Hall–Kier alpha value is -1.86. The first-order valence-electron chi connectivity index (χ1n) is 7.63. The molecule has 23 heavy (non-hydrogen) atoms. The molecule has 1 aromatic carbocycles. The van der Waals surface area contributed by atoms with Gasteiger partial charge in [0.25, 0.3) is 0 Å². The fraction of sp³-hybridized carbons (Fsp3) is 0.438. The molecular weight excluding hydrogens is 312 g/mol. The fourth-order valence-corrected chi connectivity index (χ4v) is 2.83. The van der Waals surface area contributed by atoms with E-state index in [4.69, 9.17) is 0 Å². The van der Waals surface area contributed by atoms with Crippen LogP contribution < -0.4 is 10.0 Å². The molecule has 2 aromatic rings. The third kappa shape index (κ3) is 4.56. The minimum absolute atomic E-state index is 0.0666. The van der Waals surface area contributed by atoms with Gasteiger partial charge < -0.3 is 5.32 Å². The summed E-state index contributed by atoms with van der Waals surface area (Å²) in [6, 6.07) is 7.60. The molecule has 0 aliphatic heterocycles. The molecule has 0 amide bonds. The second kappa shape index (κ2) is 7.14. The lowest BCUT2D eigenvalue weighted by Crippen LogP contribution is -2.18. The van der Waals surface area contributed by atoms with Crippen molar-refractivity contribution in [2.24, 2.45) is 7.05 Å². The van der Waals surface area contributed by atoms with Gasteiger partial charge in [0.2, 0.25) is 10.0 Å². The minimum Gasteiger partial charge on any atom is -0.306 e. The normalized spacial score (nSPS) is 13.0. The fourth-order valence-electron chi connectivity index (χ4n) is 2.19. The van der Waals surface area contributed by atoms with E-state index in [-0.39, 0.29) is 11.8 Å². The zero-order valence-corrected chi connectivity index (χ0v) is 14.8. The van der Waals surface area contributed by atoms with E-state index in [1.54, 1.807) is 19.1 Å². The van der Waals surface area contributed by atoms with Crippen LogP contribution >= 0.6 is 0 Å². The van der Waals surface area contributed by atoms with Crippen LogP contribution in [0.5, 0.6) is 0 Å². The highest BCUT2D eigenvalue weighted by molar-refractivity contribution is 7.92. The second-order valence-corrected chi connectivity index (χ2v) is 7.62. The summed E-state index contributed by atoms with van der Waals surface area (Å²) in [6.07, 6.45) is 1.87. The number of anilines is 1. The summed E-state index contributed by atoms with van der Waals surface area (Å²) >= 11 is 0. The molecule has 1 unspecified atom stereocenters. The lowest BCUT2D eigenvalue weighted by molar-refractivity contribution is 0.572. The summed E-state index contributed by atoms with van der Waals surface area (Å²) < 4.78 is 27.5. The molecule has 126 valence electrons. The predicted molar refractivity (Wildman–Crippen MR) is 92.7 cm³/mol. The number of benzene rings is 1. The Morgan fingerprint density at radius 2 is 1.91 bits per heavy atom. The number of aryl methyl sites for hydroxylation is 1. The first-order chi connectivity index (χ1) is 10.8. The average molecular weight is 336 g/mol. The highest BCUT2D eigenvalue weighted by atomic mass is 32.2. The van der Waals surface area contributed by atoms with Gasteiger partial charge in [-0.15, -0.1) is 0 Å². The van der Waals surface area contributed by atoms with Crippen molar-refractivity contribution in [2.45, 2.75) is 33.4 Å². The van der Waals surface area contributed by atoms with Gasteiger partial charge in [0.15, 0.2) is 0 Å². The number of aromatic nitrogens is 2. The van der Waals surface area contributed by atoms with E-state index >= 15 is 0 Å². The maximum absolute atomic E-state index is 11.5. The van der Waals surface area contributed by atoms with Crippen LogP contribution in [-0.2, 0) is 23.6 Å². The molecule has 0 bridgehead atoms. The molecule has 1 heterocycles. The van der Waals surface area contributed by atoms with E-state index < -0.39 is 10.0 Å². The van der Waals surface area contributed by atoms with Gasteiger partial charge in [0.1, 0.15) is 0 Å². The van der Waals surface area contributed by atoms with Crippen LogP contribution in [-0.4, -0.2) is 24.0 Å². The van der Waals surface area contributed by atoms with E-state index in [1.807, 2.05) is 37.0 Å². The monoisotopic (exact) mass is 336 g/mol. The molecule has 0 fully saturated rings. The standard InChI is InChI=1S/C16H24N4O2S/c1-5-23(21,22)19-16-8-6-14(7-9-16)12(2)17-10-15-11-18-20(4)13(15)3/h6-9,11-12,17,19H,5,10H2,1-4H3. The molecule has 0 aliphatic rings. The Morgan fingerprint density at radius 1 is 1.26 bits per heavy atom. The highest BCUT2D eigenvalue weighted by Gasteiger charge is 2.10. The van der Waals surface area contributed by atoms with Crippen LogP contribution in [0, 0.1) is 6.92 Å². The van der Waals surface area contributed by atoms with Gasteiger partial charge in [0, 0.05) is 36.6 Å². The predicted octanol–water partition coefficient (Wildman–Crippen LogP) is 2.34. The summed E-state index contributed by atoms with van der Waals surface area (Å²) in [6.45, 7) is 6.48. The first-order valence-corrected chi connectivity index (χ1v) is 9.29. The summed E-state index contributed by atoms with van der Waals surface area (Å²) in [5, 5.41) is 7.69. The van der Waals surface area contributed by atoms with Crippen LogP contribution in [0.2, 0.25) is 0 Å². The van der Waals surface area contributed by atoms with E-state index in [0.29, 0.717) is 5.69 Å². The number of nitrogens with zero attached hydrogens (tertiary/aromatic N) is 2. The lowest BCUT2D eigenvalue weighted by Gasteiger charge is -2.15. The number of nitrogens with one attached hydrogen (secondary N) is 2. The van der Waals surface area contributed by atoms with Crippen LogP contribution in [0.3, 0.4) is 0 Å². The average Bonchev–Trinajstić information content (AvgIpc) is 2.84. The number of hydrogen-bond acceptors (Lipinski definition) is 4. The molecule has 1 atom stereocenters. The van der Waals surface area contributed by atoms with E-state index in [1.165, 1.54) is 5.56 Å². The van der Waals surface area contributed by atoms with E-state index in [9.17, 15) is 8.42 Å². The summed E-state index contributed by atoms with van der Waals surface area (Å²) in [7, 11) is -1.30. The van der Waals surface area contributed by atoms with Gasteiger partial charge in [-0.25, -0.2) is 8.42 Å².